The summed E-state index contributed by atoms with van der Waals surface area (Å²) in [5.41, 5.74) is 10.0. The molecular weight excluding hydrogens is 497 g/mol. The highest BCUT2D eigenvalue weighted by Gasteiger charge is 2.47. The van der Waals surface area contributed by atoms with Crippen LogP contribution in [0.1, 0.15) is 43.4 Å². The lowest BCUT2D eigenvalue weighted by Crippen LogP contribution is -2.44. The van der Waals surface area contributed by atoms with Crippen molar-refractivity contribution in [1.82, 2.24) is 19.9 Å². The van der Waals surface area contributed by atoms with Crippen molar-refractivity contribution in [2.45, 2.75) is 54.1 Å². The van der Waals surface area contributed by atoms with Crippen molar-refractivity contribution >= 4 is 61.0 Å². The SMILES string of the molecule is CCc1cc(F)cc2c1[nH]c1nc(Sc3nc(Br)cs3)nc(C3CC4CC(N)C4C3)c12. The van der Waals surface area contributed by atoms with Gasteiger partial charge < -0.3 is 10.7 Å². The van der Waals surface area contributed by atoms with E-state index in [0.717, 1.165) is 67.8 Å². The van der Waals surface area contributed by atoms with Gasteiger partial charge in [-0.3, -0.25) is 0 Å². The molecule has 2 aliphatic rings. The molecule has 4 unspecified atom stereocenters. The van der Waals surface area contributed by atoms with Gasteiger partial charge >= 0.3 is 0 Å². The maximum Gasteiger partial charge on any atom is 0.196 e. The van der Waals surface area contributed by atoms with Gasteiger partial charge in [0.25, 0.3) is 0 Å². The van der Waals surface area contributed by atoms with E-state index in [9.17, 15) is 4.39 Å². The number of hydrogen-bond donors (Lipinski definition) is 2. The molecule has 5 nitrogen and oxygen atoms in total. The number of nitrogens with one attached hydrogen (secondary N) is 1. The largest absolute Gasteiger partial charge is 0.339 e. The van der Waals surface area contributed by atoms with Crippen molar-refractivity contribution in [2.24, 2.45) is 17.6 Å². The van der Waals surface area contributed by atoms with E-state index < -0.39 is 0 Å². The summed E-state index contributed by atoms with van der Waals surface area (Å²) in [4.78, 5) is 17.8. The number of aromatic amines is 1. The van der Waals surface area contributed by atoms with Crippen molar-refractivity contribution in [3.63, 3.8) is 0 Å². The van der Waals surface area contributed by atoms with E-state index in [1.165, 1.54) is 11.8 Å². The monoisotopic (exact) mass is 517 g/mol. The highest BCUT2D eigenvalue weighted by Crippen LogP contribution is 2.53. The molecule has 4 aromatic rings. The first kappa shape index (κ1) is 20.1. The number of aromatic nitrogens is 4. The molecular formula is C22H21BrFN5S2. The molecule has 160 valence electrons. The zero-order valence-electron chi connectivity index (χ0n) is 16.9. The number of hydrogen-bond acceptors (Lipinski definition) is 6. The molecule has 0 aliphatic heterocycles. The Morgan fingerprint density at radius 2 is 2.13 bits per heavy atom. The summed E-state index contributed by atoms with van der Waals surface area (Å²) in [5.74, 6) is 1.37. The molecule has 4 atom stereocenters. The molecule has 3 aromatic heterocycles. The number of nitrogens with two attached hydrogens (primary N) is 1. The van der Waals surface area contributed by atoms with Gasteiger partial charge in [0.15, 0.2) is 9.50 Å². The fraction of sp³-hybridized carbons (Fsp3) is 0.409. The Labute approximate surface area is 195 Å². The third-order valence-electron chi connectivity index (χ3n) is 6.89. The van der Waals surface area contributed by atoms with Crippen LogP contribution in [-0.4, -0.2) is 26.0 Å². The molecule has 6 rings (SSSR count). The molecule has 2 fully saturated rings. The molecule has 0 spiro atoms. The summed E-state index contributed by atoms with van der Waals surface area (Å²) >= 11 is 6.45. The highest BCUT2D eigenvalue weighted by molar-refractivity contribution is 9.10. The third kappa shape index (κ3) is 3.32. The Morgan fingerprint density at radius 1 is 1.26 bits per heavy atom. The zero-order valence-corrected chi connectivity index (χ0v) is 20.1. The van der Waals surface area contributed by atoms with Crippen LogP contribution in [0.25, 0.3) is 21.9 Å². The Balaban J connectivity index is 1.54. The van der Waals surface area contributed by atoms with Crippen LogP contribution in [-0.2, 0) is 6.42 Å². The summed E-state index contributed by atoms with van der Waals surface area (Å²) in [6.07, 6.45) is 4.00. The van der Waals surface area contributed by atoms with E-state index in [2.05, 4.69) is 25.9 Å². The van der Waals surface area contributed by atoms with Crippen molar-refractivity contribution in [1.29, 1.82) is 0 Å². The molecule has 0 radical (unpaired) electrons. The van der Waals surface area contributed by atoms with Gasteiger partial charge in [-0.15, -0.1) is 11.3 Å². The van der Waals surface area contributed by atoms with Crippen LogP contribution in [0.5, 0.6) is 0 Å². The maximum atomic E-state index is 14.5. The van der Waals surface area contributed by atoms with Crippen LogP contribution in [0.4, 0.5) is 4.39 Å². The summed E-state index contributed by atoms with van der Waals surface area (Å²) in [6, 6.07) is 3.55. The van der Waals surface area contributed by atoms with Gasteiger partial charge in [0.1, 0.15) is 16.1 Å². The second-order valence-corrected chi connectivity index (χ2v) is 11.5. The van der Waals surface area contributed by atoms with Gasteiger partial charge in [-0.1, -0.05) is 6.92 Å². The Morgan fingerprint density at radius 3 is 2.84 bits per heavy atom. The predicted octanol–water partition coefficient (Wildman–Crippen LogP) is 6.02. The summed E-state index contributed by atoms with van der Waals surface area (Å²) in [5, 5.41) is 4.49. The number of benzene rings is 1. The summed E-state index contributed by atoms with van der Waals surface area (Å²) < 4.78 is 16.2. The number of rotatable bonds is 4. The molecule has 3 N–H and O–H groups in total. The molecule has 9 heteroatoms. The van der Waals surface area contributed by atoms with Crippen LogP contribution in [0.3, 0.4) is 0 Å². The molecule has 0 amide bonds. The first-order chi connectivity index (χ1) is 15.0. The highest BCUT2D eigenvalue weighted by atomic mass is 79.9. The first-order valence-corrected chi connectivity index (χ1v) is 13.0. The minimum Gasteiger partial charge on any atom is -0.339 e. The number of aryl methyl sites for hydroxylation is 1. The van der Waals surface area contributed by atoms with Crippen molar-refractivity contribution < 1.29 is 4.39 Å². The van der Waals surface area contributed by atoms with Crippen LogP contribution in [0, 0.1) is 17.7 Å². The van der Waals surface area contributed by atoms with Crippen molar-refractivity contribution in [2.75, 3.05) is 0 Å². The van der Waals surface area contributed by atoms with Crippen LogP contribution in [0.15, 0.2) is 31.6 Å². The second-order valence-electron chi connectivity index (χ2n) is 8.61. The van der Waals surface area contributed by atoms with E-state index in [0.29, 0.717) is 29.0 Å². The van der Waals surface area contributed by atoms with E-state index in [1.807, 2.05) is 12.3 Å². The number of thiazole rings is 1. The average Bonchev–Trinajstić information content (AvgIpc) is 3.41. The average molecular weight is 518 g/mol. The van der Waals surface area contributed by atoms with E-state index in [1.54, 1.807) is 23.5 Å². The van der Waals surface area contributed by atoms with Gasteiger partial charge in [-0.25, -0.2) is 19.3 Å². The van der Waals surface area contributed by atoms with Crippen LogP contribution in [0.2, 0.25) is 0 Å². The van der Waals surface area contributed by atoms with Gasteiger partial charge in [0.05, 0.1) is 11.2 Å². The van der Waals surface area contributed by atoms with Gasteiger partial charge in [0, 0.05) is 28.1 Å². The number of halogens is 2. The van der Waals surface area contributed by atoms with Crippen LogP contribution >= 0.6 is 39.0 Å². The zero-order chi connectivity index (χ0) is 21.3. The maximum absolute atomic E-state index is 14.5. The van der Waals surface area contributed by atoms with E-state index >= 15 is 0 Å². The molecule has 2 saturated carbocycles. The minimum absolute atomic E-state index is 0.212. The number of H-pyrrole nitrogens is 1. The standard InChI is InChI=1S/C22H21BrFN5S2/c1-2-9-4-12(24)7-14-17-19(11-3-10-6-15(25)13(10)5-11)28-21(29-20(17)27-18(9)14)31-22-26-16(23)8-30-22/h4,7-8,10-11,13,15H,2-3,5-6,25H2,1H3,(H,27,28,29). The fourth-order valence-corrected chi connectivity index (χ4v) is 7.66. The Kier molecular flexibility index (Phi) is 4.86. The molecule has 0 saturated heterocycles. The predicted molar refractivity (Wildman–Crippen MR) is 126 cm³/mol. The number of fused-ring (bicyclic) bond motifs is 4. The molecule has 1 aromatic carbocycles. The lowest BCUT2D eigenvalue weighted by Gasteiger charge is -2.37. The number of nitrogens with zero attached hydrogens (tertiary/aromatic N) is 3. The fourth-order valence-electron chi connectivity index (χ4n) is 5.43. The quantitative estimate of drug-likeness (QED) is 0.323. The third-order valence-corrected chi connectivity index (χ3v) is 9.40. The van der Waals surface area contributed by atoms with E-state index in [-0.39, 0.29) is 5.82 Å². The first-order valence-electron chi connectivity index (χ1n) is 10.6. The summed E-state index contributed by atoms with van der Waals surface area (Å²) in [6.45, 7) is 2.05. The minimum atomic E-state index is -0.212. The lowest BCUT2D eigenvalue weighted by molar-refractivity contribution is 0.173. The molecule has 0 bridgehead atoms. The second kappa shape index (κ2) is 7.50. The van der Waals surface area contributed by atoms with Crippen molar-refractivity contribution in [3.05, 3.63) is 39.2 Å². The smallest absolute Gasteiger partial charge is 0.196 e. The molecule has 3 heterocycles. The van der Waals surface area contributed by atoms with Gasteiger partial charge in [-0.05, 0) is 82.9 Å². The summed E-state index contributed by atoms with van der Waals surface area (Å²) in [7, 11) is 0. The Bertz CT molecular complexity index is 1320. The molecule has 2 aliphatic carbocycles. The normalized spacial score (nSPS) is 25.3. The molecule has 31 heavy (non-hydrogen) atoms. The van der Waals surface area contributed by atoms with Crippen molar-refractivity contribution in [3.8, 4) is 0 Å². The van der Waals surface area contributed by atoms with Crippen LogP contribution < -0.4 is 5.73 Å². The van der Waals surface area contributed by atoms with E-state index in [4.69, 9.17) is 15.7 Å². The lowest BCUT2D eigenvalue weighted by atomic mass is 9.72. The van der Waals surface area contributed by atoms with Gasteiger partial charge in [-0.2, -0.15) is 0 Å². The topological polar surface area (TPSA) is 80.5 Å². The van der Waals surface area contributed by atoms with Gasteiger partial charge in [0.2, 0.25) is 0 Å². The Hall–Kier alpha value is -1.55.